The lowest BCUT2D eigenvalue weighted by Gasteiger charge is -2.19. The molecule has 0 saturated carbocycles. The Morgan fingerprint density at radius 3 is 2.73 bits per heavy atom. The topological polar surface area (TPSA) is 91.1 Å². The van der Waals surface area contributed by atoms with Crippen molar-refractivity contribution in [2.45, 2.75) is 24.4 Å². The molecule has 124 valence electrons. The molecule has 7 nitrogen and oxygen atoms in total. The number of sulfonamides is 1. The minimum absolute atomic E-state index is 0.0304. The Kier molecular flexibility index (Phi) is 5.25. The predicted molar refractivity (Wildman–Crippen MR) is 79.9 cm³/mol. The maximum Gasteiger partial charge on any atom is 0.289 e. The molecule has 0 radical (unpaired) electrons. The molecule has 1 amide bonds. The van der Waals surface area contributed by atoms with E-state index in [0.29, 0.717) is 13.1 Å². The summed E-state index contributed by atoms with van der Waals surface area (Å²) in [5.41, 5.74) is 0. The standard InChI is InChI=1S/C14H22N2O5S/c1-15(2)22(19,20)13-6-5-12(21-13)14(18)16-8-3-4-11(10-17)7-9-16/h5-6,11,17H,3-4,7-10H2,1-2H3. The van der Waals surface area contributed by atoms with Crippen molar-refractivity contribution < 1.29 is 22.7 Å². The molecule has 1 aliphatic rings. The average Bonchev–Trinajstić information content (AvgIpc) is 2.86. The number of aliphatic hydroxyl groups excluding tert-OH is 1. The third-order valence-corrected chi connectivity index (χ3v) is 5.61. The largest absolute Gasteiger partial charge is 0.438 e. The van der Waals surface area contributed by atoms with Gasteiger partial charge in [-0.1, -0.05) is 0 Å². The predicted octanol–water partition coefficient (Wildman–Crippen LogP) is 0.764. The van der Waals surface area contributed by atoms with Crippen molar-refractivity contribution in [2.75, 3.05) is 33.8 Å². The molecule has 0 bridgehead atoms. The number of rotatable bonds is 4. The van der Waals surface area contributed by atoms with Crippen molar-refractivity contribution in [3.05, 3.63) is 17.9 Å². The SMILES string of the molecule is CN(C)S(=O)(=O)c1ccc(C(=O)N2CCCC(CO)CC2)o1. The molecule has 1 atom stereocenters. The summed E-state index contributed by atoms with van der Waals surface area (Å²) in [6.45, 7) is 1.26. The van der Waals surface area contributed by atoms with Crippen LogP contribution in [0.3, 0.4) is 0 Å². The molecule has 0 aromatic carbocycles. The van der Waals surface area contributed by atoms with Crippen LogP contribution < -0.4 is 0 Å². The molecule has 1 unspecified atom stereocenters. The fourth-order valence-corrected chi connectivity index (χ4v) is 3.26. The monoisotopic (exact) mass is 330 g/mol. The molecule has 2 rings (SSSR count). The van der Waals surface area contributed by atoms with Crippen molar-refractivity contribution in [1.82, 2.24) is 9.21 Å². The normalized spacial score (nSPS) is 20.2. The van der Waals surface area contributed by atoms with Gasteiger partial charge in [-0.2, -0.15) is 0 Å². The molecule has 22 heavy (non-hydrogen) atoms. The van der Waals surface area contributed by atoms with Gasteiger partial charge in [0.2, 0.25) is 5.09 Å². The summed E-state index contributed by atoms with van der Waals surface area (Å²) in [5.74, 6) is -0.0549. The van der Waals surface area contributed by atoms with Gasteiger partial charge in [-0.25, -0.2) is 12.7 Å². The molecule has 1 aliphatic heterocycles. The number of nitrogens with zero attached hydrogens (tertiary/aromatic N) is 2. The van der Waals surface area contributed by atoms with E-state index in [0.717, 1.165) is 23.6 Å². The van der Waals surface area contributed by atoms with Gasteiger partial charge in [-0.05, 0) is 37.3 Å². The van der Waals surface area contributed by atoms with Crippen LogP contribution in [-0.2, 0) is 10.0 Å². The molecule has 1 aromatic heterocycles. The maximum atomic E-state index is 12.4. The molecular weight excluding hydrogens is 308 g/mol. The number of hydrogen-bond donors (Lipinski definition) is 1. The smallest absolute Gasteiger partial charge is 0.289 e. The minimum atomic E-state index is -3.68. The Morgan fingerprint density at radius 1 is 1.36 bits per heavy atom. The van der Waals surface area contributed by atoms with E-state index in [4.69, 9.17) is 4.42 Å². The van der Waals surface area contributed by atoms with E-state index in [2.05, 4.69) is 0 Å². The summed E-state index contributed by atoms with van der Waals surface area (Å²) in [7, 11) is -0.866. The van der Waals surface area contributed by atoms with Gasteiger partial charge in [0, 0.05) is 33.8 Å². The van der Waals surface area contributed by atoms with Crippen molar-refractivity contribution in [1.29, 1.82) is 0 Å². The third kappa shape index (κ3) is 3.50. The van der Waals surface area contributed by atoms with E-state index in [1.807, 2.05) is 0 Å². The second-order valence-corrected chi connectivity index (χ2v) is 7.76. The molecule has 1 N–H and O–H groups in total. The lowest BCUT2D eigenvalue weighted by atomic mass is 10.0. The van der Waals surface area contributed by atoms with Gasteiger partial charge in [-0.3, -0.25) is 4.79 Å². The molecule has 0 aliphatic carbocycles. The lowest BCUT2D eigenvalue weighted by molar-refractivity contribution is 0.0720. The first-order valence-corrected chi connectivity index (χ1v) is 8.72. The van der Waals surface area contributed by atoms with E-state index in [-0.39, 0.29) is 29.3 Å². The molecule has 1 saturated heterocycles. The molecular formula is C14H22N2O5S. The van der Waals surface area contributed by atoms with E-state index >= 15 is 0 Å². The highest BCUT2D eigenvalue weighted by molar-refractivity contribution is 7.88. The van der Waals surface area contributed by atoms with Gasteiger partial charge >= 0.3 is 0 Å². The first-order valence-electron chi connectivity index (χ1n) is 7.28. The van der Waals surface area contributed by atoms with Gasteiger partial charge in [-0.15, -0.1) is 0 Å². The zero-order chi connectivity index (χ0) is 16.3. The van der Waals surface area contributed by atoms with E-state index in [1.54, 1.807) is 4.90 Å². The quantitative estimate of drug-likeness (QED) is 0.880. The van der Waals surface area contributed by atoms with Gasteiger partial charge in [0.1, 0.15) is 0 Å². The second kappa shape index (κ2) is 6.80. The summed E-state index contributed by atoms with van der Waals surface area (Å²) in [6, 6.07) is 2.70. The Balaban J connectivity index is 2.12. The van der Waals surface area contributed by atoms with Crippen LogP contribution >= 0.6 is 0 Å². The molecule has 8 heteroatoms. The fraction of sp³-hybridized carbons (Fsp3) is 0.643. The number of furan rings is 1. The van der Waals surface area contributed by atoms with Crippen molar-refractivity contribution in [3.8, 4) is 0 Å². The molecule has 2 heterocycles. The number of carbonyl (C=O) groups excluding carboxylic acids is 1. The van der Waals surface area contributed by atoms with Crippen LogP contribution in [0.4, 0.5) is 0 Å². The Hall–Kier alpha value is -1.38. The van der Waals surface area contributed by atoms with Crippen LogP contribution in [0.1, 0.15) is 29.8 Å². The van der Waals surface area contributed by atoms with E-state index in [9.17, 15) is 18.3 Å². The van der Waals surface area contributed by atoms with Crippen LogP contribution in [0, 0.1) is 5.92 Å². The zero-order valence-electron chi connectivity index (χ0n) is 12.9. The lowest BCUT2D eigenvalue weighted by Crippen LogP contribution is -2.31. The minimum Gasteiger partial charge on any atom is -0.438 e. The highest BCUT2D eigenvalue weighted by Gasteiger charge is 2.27. The highest BCUT2D eigenvalue weighted by Crippen LogP contribution is 2.21. The van der Waals surface area contributed by atoms with Gasteiger partial charge in [0.15, 0.2) is 5.76 Å². The van der Waals surface area contributed by atoms with Crippen LogP contribution in [0.2, 0.25) is 0 Å². The summed E-state index contributed by atoms with van der Waals surface area (Å²) in [5, 5.41) is 8.98. The summed E-state index contributed by atoms with van der Waals surface area (Å²) >= 11 is 0. The summed E-state index contributed by atoms with van der Waals surface area (Å²) in [6.07, 6.45) is 2.45. The summed E-state index contributed by atoms with van der Waals surface area (Å²) < 4.78 is 30.2. The number of hydrogen-bond acceptors (Lipinski definition) is 5. The Labute approximate surface area is 130 Å². The van der Waals surface area contributed by atoms with Crippen LogP contribution in [0.5, 0.6) is 0 Å². The third-order valence-electron chi connectivity index (χ3n) is 3.92. The van der Waals surface area contributed by atoms with Crippen molar-refractivity contribution in [2.24, 2.45) is 5.92 Å². The second-order valence-electron chi connectivity index (χ2n) is 5.68. The van der Waals surface area contributed by atoms with E-state index < -0.39 is 10.0 Å². The van der Waals surface area contributed by atoms with Crippen LogP contribution in [0.15, 0.2) is 21.6 Å². The average molecular weight is 330 g/mol. The molecule has 1 fully saturated rings. The van der Waals surface area contributed by atoms with E-state index in [1.165, 1.54) is 26.2 Å². The zero-order valence-corrected chi connectivity index (χ0v) is 13.7. The van der Waals surface area contributed by atoms with Gasteiger partial charge in [0.05, 0.1) is 0 Å². The molecule has 0 spiro atoms. The molecule has 1 aromatic rings. The first kappa shape index (κ1) is 17.0. The maximum absolute atomic E-state index is 12.4. The van der Waals surface area contributed by atoms with Crippen LogP contribution in [0.25, 0.3) is 0 Å². The number of likely N-dealkylation sites (tertiary alicyclic amines) is 1. The summed E-state index contributed by atoms with van der Waals surface area (Å²) in [4.78, 5) is 14.1. The number of aliphatic hydroxyl groups is 1. The number of amides is 1. The van der Waals surface area contributed by atoms with Gasteiger partial charge in [0.25, 0.3) is 15.9 Å². The van der Waals surface area contributed by atoms with Crippen molar-refractivity contribution >= 4 is 15.9 Å². The highest BCUT2D eigenvalue weighted by atomic mass is 32.2. The number of carbonyl (C=O) groups is 1. The first-order chi connectivity index (χ1) is 10.4. The van der Waals surface area contributed by atoms with Crippen LogP contribution in [-0.4, -0.2) is 62.4 Å². The van der Waals surface area contributed by atoms with Crippen molar-refractivity contribution in [3.63, 3.8) is 0 Å². The fourth-order valence-electron chi connectivity index (χ4n) is 2.46. The van der Waals surface area contributed by atoms with Gasteiger partial charge < -0.3 is 14.4 Å². The Morgan fingerprint density at radius 2 is 2.09 bits per heavy atom. The Bertz CT molecular complexity index is 623.